The maximum Gasteiger partial charge on any atom is 0.253 e. The molecule has 0 unspecified atom stereocenters. The number of anilines is 2. The van der Waals surface area contributed by atoms with E-state index < -0.39 is 10.0 Å². The summed E-state index contributed by atoms with van der Waals surface area (Å²) in [4.78, 5) is 24.9. The molecule has 2 N–H and O–H groups in total. The Morgan fingerprint density at radius 1 is 1.06 bits per heavy atom. The number of hydrogen-bond acceptors (Lipinski definition) is 4. The van der Waals surface area contributed by atoms with Crippen molar-refractivity contribution >= 4 is 33.2 Å². The molecule has 8 heteroatoms. The van der Waals surface area contributed by atoms with Crippen molar-refractivity contribution in [2.75, 3.05) is 22.4 Å². The van der Waals surface area contributed by atoms with E-state index >= 15 is 0 Å². The van der Waals surface area contributed by atoms with E-state index in [9.17, 15) is 18.0 Å². The van der Waals surface area contributed by atoms with E-state index in [1.54, 1.807) is 36.4 Å². The van der Waals surface area contributed by atoms with Gasteiger partial charge < -0.3 is 10.6 Å². The highest BCUT2D eigenvalue weighted by Crippen LogP contribution is 2.20. The molecule has 0 fully saturated rings. The van der Waals surface area contributed by atoms with Gasteiger partial charge in [0.25, 0.3) is 5.91 Å². The van der Waals surface area contributed by atoms with E-state index in [1.165, 1.54) is 4.31 Å². The molecule has 0 aliphatic heterocycles. The summed E-state index contributed by atoms with van der Waals surface area (Å²) < 4.78 is 25.7. The Morgan fingerprint density at radius 2 is 1.71 bits per heavy atom. The second-order valence-corrected chi connectivity index (χ2v) is 9.56. The Kier molecular flexibility index (Phi) is 8.62. The largest absolute Gasteiger partial charge is 0.350 e. The fraction of sp³-hybridized carbons (Fsp3) is 0.391. The molecule has 0 aromatic heterocycles. The van der Waals surface area contributed by atoms with Crippen LogP contribution in [0.1, 0.15) is 49.0 Å². The van der Waals surface area contributed by atoms with Gasteiger partial charge in [0.2, 0.25) is 15.9 Å². The minimum atomic E-state index is -3.47. The Balaban J connectivity index is 2.00. The Labute approximate surface area is 184 Å². The lowest BCUT2D eigenvalue weighted by molar-refractivity contribution is -0.116. The number of nitrogens with zero attached hydrogens (tertiary/aromatic N) is 1. The molecule has 2 aromatic carbocycles. The molecule has 0 bridgehead atoms. The van der Waals surface area contributed by atoms with E-state index in [0.717, 1.165) is 18.2 Å². The molecule has 168 valence electrons. The number of amides is 2. The van der Waals surface area contributed by atoms with Crippen LogP contribution in [0.2, 0.25) is 0 Å². The Bertz CT molecular complexity index is 1000. The standard InChI is InChI=1S/C23H31N3O4S/c1-5-18(3)24-23(28)20-9-6-7-10-21(20)25-22(27)11-8-16-26(31(4,29)30)19-14-12-17(2)13-15-19/h6-7,9-10,12-15,18H,5,8,11,16H2,1-4H3,(H,24,28)(H,25,27)/t18-/m1/s1. The number of sulfonamides is 1. The van der Waals surface area contributed by atoms with Crippen LogP contribution in [-0.4, -0.2) is 39.1 Å². The fourth-order valence-electron chi connectivity index (χ4n) is 2.99. The first-order valence-corrected chi connectivity index (χ1v) is 12.2. The number of benzene rings is 2. The van der Waals surface area contributed by atoms with Gasteiger partial charge >= 0.3 is 0 Å². The molecule has 2 aromatic rings. The van der Waals surface area contributed by atoms with Gasteiger partial charge in [-0.2, -0.15) is 0 Å². The minimum Gasteiger partial charge on any atom is -0.350 e. The smallest absolute Gasteiger partial charge is 0.253 e. The maximum absolute atomic E-state index is 12.5. The van der Waals surface area contributed by atoms with Gasteiger partial charge in [-0.25, -0.2) is 8.42 Å². The van der Waals surface area contributed by atoms with Crippen LogP contribution >= 0.6 is 0 Å². The summed E-state index contributed by atoms with van der Waals surface area (Å²) in [7, 11) is -3.47. The lowest BCUT2D eigenvalue weighted by atomic mass is 10.1. The summed E-state index contributed by atoms with van der Waals surface area (Å²) in [6, 6.07) is 14.1. The number of rotatable bonds is 10. The van der Waals surface area contributed by atoms with Crippen LogP contribution in [0.25, 0.3) is 0 Å². The predicted molar refractivity (Wildman–Crippen MR) is 125 cm³/mol. The first-order chi connectivity index (χ1) is 14.6. The van der Waals surface area contributed by atoms with Crippen LogP contribution in [0.5, 0.6) is 0 Å². The molecule has 0 aliphatic rings. The molecule has 31 heavy (non-hydrogen) atoms. The third kappa shape index (κ3) is 7.40. The summed E-state index contributed by atoms with van der Waals surface area (Å²) >= 11 is 0. The van der Waals surface area contributed by atoms with Gasteiger partial charge in [0.15, 0.2) is 0 Å². The number of para-hydroxylation sites is 1. The van der Waals surface area contributed by atoms with Gasteiger partial charge in [0.05, 0.1) is 23.2 Å². The van der Waals surface area contributed by atoms with Gasteiger partial charge in [-0.05, 0) is 51.0 Å². The zero-order valence-corrected chi connectivity index (χ0v) is 19.3. The first kappa shape index (κ1) is 24.4. The van der Waals surface area contributed by atoms with Crippen LogP contribution < -0.4 is 14.9 Å². The second-order valence-electron chi connectivity index (χ2n) is 7.65. The lowest BCUT2D eigenvalue weighted by Gasteiger charge is -2.22. The van der Waals surface area contributed by atoms with Crippen molar-refractivity contribution in [2.45, 2.75) is 46.1 Å². The zero-order chi connectivity index (χ0) is 23.0. The quantitative estimate of drug-likeness (QED) is 0.583. The van der Waals surface area contributed by atoms with Crippen molar-refractivity contribution in [1.82, 2.24) is 5.32 Å². The molecule has 2 rings (SSSR count). The maximum atomic E-state index is 12.5. The van der Waals surface area contributed by atoms with Crippen molar-refractivity contribution in [2.24, 2.45) is 0 Å². The van der Waals surface area contributed by atoms with Crippen LogP contribution in [-0.2, 0) is 14.8 Å². The average molecular weight is 446 g/mol. The predicted octanol–water partition coefficient (Wildman–Crippen LogP) is 3.71. The van der Waals surface area contributed by atoms with Crippen LogP contribution in [0, 0.1) is 6.92 Å². The molecule has 7 nitrogen and oxygen atoms in total. The van der Waals surface area contributed by atoms with E-state index in [1.807, 2.05) is 32.9 Å². The van der Waals surface area contributed by atoms with Crippen molar-refractivity contribution in [3.05, 3.63) is 59.7 Å². The number of aryl methyl sites for hydroxylation is 1. The van der Waals surface area contributed by atoms with Gasteiger partial charge in [-0.15, -0.1) is 0 Å². The van der Waals surface area contributed by atoms with Gasteiger partial charge in [-0.1, -0.05) is 36.8 Å². The summed E-state index contributed by atoms with van der Waals surface area (Å²) in [6.07, 6.45) is 2.42. The molecule has 0 heterocycles. The number of nitrogens with one attached hydrogen (secondary N) is 2. The van der Waals surface area contributed by atoms with Crippen LogP contribution in [0.3, 0.4) is 0 Å². The minimum absolute atomic E-state index is 0.0278. The normalized spacial score (nSPS) is 12.1. The highest BCUT2D eigenvalue weighted by atomic mass is 32.2. The monoisotopic (exact) mass is 445 g/mol. The molecule has 2 amide bonds. The third-order valence-electron chi connectivity index (χ3n) is 4.92. The Hall–Kier alpha value is -2.87. The van der Waals surface area contributed by atoms with Crippen LogP contribution in [0.4, 0.5) is 11.4 Å². The summed E-state index contributed by atoms with van der Waals surface area (Å²) in [5, 5.41) is 5.67. The molecular weight excluding hydrogens is 414 g/mol. The molecule has 0 spiro atoms. The second kappa shape index (κ2) is 10.9. The van der Waals surface area contributed by atoms with E-state index in [4.69, 9.17) is 0 Å². The van der Waals surface area contributed by atoms with E-state index in [-0.39, 0.29) is 30.8 Å². The Morgan fingerprint density at radius 3 is 2.32 bits per heavy atom. The topological polar surface area (TPSA) is 95.6 Å². The van der Waals surface area contributed by atoms with Crippen molar-refractivity contribution < 1.29 is 18.0 Å². The molecular formula is C23H31N3O4S. The molecule has 0 radical (unpaired) electrons. The summed E-state index contributed by atoms with van der Waals surface area (Å²) in [6.45, 7) is 6.01. The average Bonchev–Trinajstić information content (AvgIpc) is 2.71. The van der Waals surface area contributed by atoms with Crippen molar-refractivity contribution in [1.29, 1.82) is 0 Å². The van der Waals surface area contributed by atoms with Gasteiger partial charge in [-0.3, -0.25) is 13.9 Å². The number of carbonyl (C=O) groups excluding carboxylic acids is 2. The SMILES string of the molecule is CC[C@@H](C)NC(=O)c1ccccc1NC(=O)CCCN(c1ccc(C)cc1)S(C)(=O)=O. The summed E-state index contributed by atoms with van der Waals surface area (Å²) in [5.41, 5.74) is 2.44. The highest BCUT2D eigenvalue weighted by molar-refractivity contribution is 7.92. The molecule has 0 saturated heterocycles. The van der Waals surface area contributed by atoms with Gasteiger partial charge in [0.1, 0.15) is 0 Å². The molecule has 1 atom stereocenters. The summed E-state index contributed by atoms with van der Waals surface area (Å²) in [5.74, 6) is -0.519. The highest BCUT2D eigenvalue weighted by Gasteiger charge is 2.18. The fourth-order valence-corrected chi connectivity index (χ4v) is 3.95. The number of carbonyl (C=O) groups is 2. The molecule has 0 saturated carbocycles. The van der Waals surface area contributed by atoms with E-state index in [0.29, 0.717) is 23.4 Å². The van der Waals surface area contributed by atoms with Crippen molar-refractivity contribution in [3.8, 4) is 0 Å². The lowest BCUT2D eigenvalue weighted by Crippen LogP contribution is -2.33. The van der Waals surface area contributed by atoms with E-state index in [2.05, 4.69) is 10.6 Å². The van der Waals surface area contributed by atoms with Gasteiger partial charge in [0, 0.05) is 19.0 Å². The third-order valence-corrected chi connectivity index (χ3v) is 6.12. The number of hydrogen-bond donors (Lipinski definition) is 2. The van der Waals surface area contributed by atoms with Crippen LogP contribution in [0.15, 0.2) is 48.5 Å². The zero-order valence-electron chi connectivity index (χ0n) is 18.5. The first-order valence-electron chi connectivity index (χ1n) is 10.4. The van der Waals surface area contributed by atoms with Crippen molar-refractivity contribution in [3.63, 3.8) is 0 Å². The molecule has 0 aliphatic carbocycles.